The van der Waals surface area contributed by atoms with Gasteiger partial charge in [0.1, 0.15) is 11.5 Å². The third-order valence-corrected chi connectivity index (χ3v) is 3.31. The van der Waals surface area contributed by atoms with Crippen molar-refractivity contribution in [1.82, 2.24) is 9.97 Å². The van der Waals surface area contributed by atoms with E-state index in [0.717, 1.165) is 24.6 Å². The zero-order valence-electron chi connectivity index (χ0n) is 9.52. The first-order chi connectivity index (χ1) is 7.66. The van der Waals surface area contributed by atoms with Gasteiger partial charge in [-0.05, 0) is 24.8 Å². The highest BCUT2D eigenvalue weighted by Gasteiger charge is 2.22. The van der Waals surface area contributed by atoms with Crippen LogP contribution in [0.4, 0.5) is 0 Å². The normalized spacial score (nSPS) is 25.3. The summed E-state index contributed by atoms with van der Waals surface area (Å²) >= 11 is 0. The maximum atomic E-state index is 11.0. The highest BCUT2D eigenvalue weighted by Crippen LogP contribution is 2.33. The van der Waals surface area contributed by atoms with Crippen molar-refractivity contribution in [2.45, 2.75) is 38.5 Å². The average molecular weight is 219 g/mol. The Kier molecular flexibility index (Phi) is 3.17. The molecular weight excluding hydrogens is 202 g/mol. The molecule has 1 aromatic rings. The van der Waals surface area contributed by atoms with Crippen LogP contribution in [0.5, 0.6) is 0 Å². The molecule has 0 aromatic carbocycles. The van der Waals surface area contributed by atoms with Gasteiger partial charge in [-0.25, -0.2) is 9.97 Å². The molecule has 4 nitrogen and oxygen atoms in total. The summed E-state index contributed by atoms with van der Waals surface area (Å²) in [7, 11) is 0. The predicted octanol–water partition coefficient (Wildman–Crippen LogP) is 1.87. The van der Waals surface area contributed by atoms with Crippen LogP contribution in [0, 0.1) is 5.92 Å². The molecule has 0 radical (unpaired) electrons. The van der Waals surface area contributed by atoms with Crippen LogP contribution in [0.3, 0.4) is 0 Å². The number of hydrogen-bond acceptors (Lipinski definition) is 3. The van der Waals surface area contributed by atoms with Crippen molar-refractivity contribution in [1.29, 1.82) is 0 Å². The standard InChI is InChI=1S/C12H17N3O/c1-8-2-4-9(5-3-8)12-14-7-6-10(15-12)11(13)16/h6-9H,2-5H2,1H3,(H2,13,16). The van der Waals surface area contributed by atoms with Gasteiger partial charge in [0.2, 0.25) is 0 Å². The number of amides is 1. The number of nitrogens with zero attached hydrogens (tertiary/aromatic N) is 2. The van der Waals surface area contributed by atoms with E-state index < -0.39 is 5.91 Å². The third kappa shape index (κ3) is 2.38. The van der Waals surface area contributed by atoms with E-state index in [9.17, 15) is 4.79 Å². The molecule has 1 saturated carbocycles. The molecule has 1 aliphatic carbocycles. The second-order valence-corrected chi connectivity index (χ2v) is 4.62. The first kappa shape index (κ1) is 11.0. The smallest absolute Gasteiger partial charge is 0.267 e. The molecule has 0 spiro atoms. The van der Waals surface area contributed by atoms with E-state index >= 15 is 0 Å². The lowest BCUT2D eigenvalue weighted by Crippen LogP contribution is -2.18. The maximum Gasteiger partial charge on any atom is 0.267 e. The van der Waals surface area contributed by atoms with Gasteiger partial charge in [-0.2, -0.15) is 0 Å². The molecule has 0 bridgehead atoms. The van der Waals surface area contributed by atoms with E-state index in [1.165, 1.54) is 12.8 Å². The van der Waals surface area contributed by atoms with E-state index in [1.807, 2.05) is 0 Å². The summed E-state index contributed by atoms with van der Waals surface area (Å²) in [6, 6.07) is 1.57. The van der Waals surface area contributed by atoms with Gasteiger partial charge in [0.15, 0.2) is 0 Å². The monoisotopic (exact) mass is 219 g/mol. The summed E-state index contributed by atoms with van der Waals surface area (Å²) in [5.41, 5.74) is 5.53. The lowest BCUT2D eigenvalue weighted by Gasteiger charge is -2.24. The topological polar surface area (TPSA) is 68.9 Å². The number of rotatable bonds is 2. The first-order valence-corrected chi connectivity index (χ1v) is 5.79. The summed E-state index contributed by atoms with van der Waals surface area (Å²) in [5.74, 6) is 1.50. The molecule has 1 aliphatic rings. The highest BCUT2D eigenvalue weighted by molar-refractivity contribution is 5.90. The molecule has 16 heavy (non-hydrogen) atoms. The minimum Gasteiger partial charge on any atom is -0.364 e. The zero-order chi connectivity index (χ0) is 11.5. The van der Waals surface area contributed by atoms with Gasteiger partial charge >= 0.3 is 0 Å². The fraction of sp³-hybridized carbons (Fsp3) is 0.583. The van der Waals surface area contributed by atoms with Crippen LogP contribution in [-0.4, -0.2) is 15.9 Å². The number of carbonyl (C=O) groups is 1. The first-order valence-electron chi connectivity index (χ1n) is 5.79. The Labute approximate surface area is 95.3 Å². The van der Waals surface area contributed by atoms with E-state index in [0.29, 0.717) is 11.6 Å². The van der Waals surface area contributed by atoms with Crippen LogP contribution in [-0.2, 0) is 0 Å². The average Bonchev–Trinajstić information content (AvgIpc) is 2.30. The van der Waals surface area contributed by atoms with Crippen LogP contribution in [0.2, 0.25) is 0 Å². The van der Waals surface area contributed by atoms with Crippen molar-refractivity contribution < 1.29 is 4.79 Å². The Morgan fingerprint density at radius 3 is 2.69 bits per heavy atom. The number of carbonyl (C=O) groups excluding carboxylic acids is 1. The van der Waals surface area contributed by atoms with Gasteiger partial charge in [-0.3, -0.25) is 4.79 Å². The van der Waals surface area contributed by atoms with Crippen molar-refractivity contribution in [3.63, 3.8) is 0 Å². The van der Waals surface area contributed by atoms with Crippen molar-refractivity contribution in [2.75, 3.05) is 0 Å². The minimum absolute atomic E-state index is 0.323. The van der Waals surface area contributed by atoms with Crippen molar-refractivity contribution in [3.8, 4) is 0 Å². The predicted molar refractivity (Wildman–Crippen MR) is 60.9 cm³/mol. The molecule has 1 fully saturated rings. The van der Waals surface area contributed by atoms with Crippen LogP contribution in [0.15, 0.2) is 12.3 Å². The SMILES string of the molecule is CC1CCC(c2nccc(C(N)=O)n2)CC1. The number of hydrogen-bond donors (Lipinski definition) is 1. The molecule has 1 aromatic heterocycles. The van der Waals surface area contributed by atoms with Gasteiger partial charge in [-0.15, -0.1) is 0 Å². The lowest BCUT2D eigenvalue weighted by molar-refractivity contribution is 0.0995. The zero-order valence-corrected chi connectivity index (χ0v) is 9.52. The molecule has 1 amide bonds. The van der Waals surface area contributed by atoms with Crippen LogP contribution in [0.1, 0.15) is 54.8 Å². The second kappa shape index (κ2) is 4.60. The Bertz CT molecular complexity index is 384. The maximum absolute atomic E-state index is 11.0. The quantitative estimate of drug-likeness (QED) is 0.825. The van der Waals surface area contributed by atoms with Gasteiger partial charge < -0.3 is 5.73 Å². The molecule has 0 aliphatic heterocycles. The molecule has 0 saturated heterocycles. The van der Waals surface area contributed by atoms with E-state index in [2.05, 4.69) is 16.9 Å². The van der Waals surface area contributed by atoms with E-state index in [-0.39, 0.29) is 0 Å². The van der Waals surface area contributed by atoms with Crippen LogP contribution < -0.4 is 5.73 Å². The number of nitrogens with two attached hydrogens (primary N) is 1. The van der Waals surface area contributed by atoms with E-state index in [4.69, 9.17) is 5.73 Å². The Balaban J connectivity index is 2.14. The van der Waals surface area contributed by atoms with Gasteiger partial charge in [0, 0.05) is 12.1 Å². The summed E-state index contributed by atoms with van der Waals surface area (Å²) in [4.78, 5) is 19.5. The van der Waals surface area contributed by atoms with Crippen LogP contribution in [0.25, 0.3) is 0 Å². The number of aromatic nitrogens is 2. The van der Waals surface area contributed by atoms with Crippen molar-refractivity contribution >= 4 is 5.91 Å². The molecule has 0 unspecified atom stereocenters. The summed E-state index contributed by atoms with van der Waals surface area (Å²) in [6.07, 6.45) is 6.29. The minimum atomic E-state index is -0.479. The van der Waals surface area contributed by atoms with Crippen LogP contribution >= 0.6 is 0 Å². The summed E-state index contributed by atoms with van der Waals surface area (Å²) < 4.78 is 0. The van der Waals surface area contributed by atoms with Crippen molar-refractivity contribution in [3.05, 3.63) is 23.8 Å². The molecular formula is C12H17N3O. The second-order valence-electron chi connectivity index (χ2n) is 4.62. The highest BCUT2D eigenvalue weighted by atomic mass is 16.1. The fourth-order valence-corrected chi connectivity index (χ4v) is 2.23. The van der Waals surface area contributed by atoms with Crippen molar-refractivity contribution in [2.24, 2.45) is 11.7 Å². The van der Waals surface area contributed by atoms with Gasteiger partial charge in [0.25, 0.3) is 5.91 Å². The largest absolute Gasteiger partial charge is 0.364 e. The van der Waals surface area contributed by atoms with E-state index in [1.54, 1.807) is 12.3 Å². The molecule has 86 valence electrons. The summed E-state index contributed by atoms with van der Waals surface area (Å²) in [5, 5.41) is 0. The third-order valence-electron chi connectivity index (χ3n) is 3.31. The fourth-order valence-electron chi connectivity index (χ4n) is 2.23. The molecule has 2 N–H and O–H groups in total. The Morgan fingerprint density at radius 2 is 2.06 bits per heavy atom. The Hall–Kier alpha value is -1.45. The lowest BCUT2D eigenvalue weighted by atomic mass is 9.82. The summed E-state index contributed by atoms with van der Waals surface area (Å²) in [6.45, 7) is 2.27. The molecule has 0 atom stereocenters. The number of primary amides is 1. The molecule has 4 heteroatoms. The van der Waals surface area contributed by atoms with Gasteiger partial charge in [0.05, 0.1) is 0 Å². The molecule has 1 heterocycles. The molecule has 2 rings (SSSR count). The van der Waals surface area contributed by atoms with Gasteiger partial charge in [-0.1, -0.05) is 19.8 Å². The Morgan fingerprint density at radius 1 is 1.38 bits per heavy atom.